The topological polar surface area (TPSA) is 70.6 Å². The summed E-state index contributed by atoms with van der Waals surface area (Å²) in [6.07, 6.45) is 2.42. The summed E-state index contributed by atoms with van der Waals surface area (Å²) in [6.45, 7) is 4.82. The second-order valence-electron chi connectivity index (χ2n) is 5.82. The van der Waals surface area contributed by atoms with E-state index in [0.29, 0.717) is 29.7 Å². The molecule has 1 saturated heterocycles. The molecule has 1 aromatic heterocycles. The number of ether oxygens (including phenoxy) is 1. The van der Waals surface area contributed by atoms with Crippen LogP contribution in [0.1, 0.15) is 5.56 Å². The zero-order chi connectivity index (χ0) is 17.8. The zero-order valence-corrected chi connectivity index (χ0v) is 15.0. The molecule has 25 heavy (non-hydrogen) atoms. The first kappa shape index (κ1) is 17.3. The molecule has 2 aromatic rings. The summed E-state index contributed by atoms with van der Waals surface area (Å²) in [6, 6.07) is 5.59. The van der Waals surface area contributed by atoms with Crippen LogP contribution < -0.4 is 15.0 Å². The van der Waals surface area contributed by atoms with E-state index in [0.717, 1.165) is 36.6 Å². The van der Waals surface area contributed by atoms with Crippen LogP contribution in [-0.4, -0.2) is 54.6 Å². The summed E-state index contributed by atoms with van der Waals surface area (Å²) in [5.74, 6) is 2.14. The number of hydrogen-bond donors (Lipinski definition) is 1. The van der Waals surface area contributed by atoms with Gasteiger partial charge in [-0.1, -0.05) is 11.6 Å². The first-order valence-corrected chi connectivity index (χ1v) is 8.36. The molecule has 8 heteroatoms. The SMILES string of the molecule is COc1cc(Cl)c(C)cc1Nc1cc(N2CCN(C=O)CC2)ncn1. The molecule has 132 valence electrons. The number of nitrogens with one attached hydrogen (secondary N) is 1. The van der Waals surface area contributed by atoms with Gasteiger partial charge in [0.25, 0.3) is 0 Å². The zero-order valence-electron chi connectivity index (χ0n) is 14.2. The molecule has 0 unspecified atom stereocenters. The fourth-order valence-electron chi connectivity index (χ4n) is 2.71. The molecule has 0 bridgehead atoms. The highest BCUT2D eigenvalue weighted by Crippen LogP contribution is 2.33. The maximum Gasteiger partial charge on any atom is 0.209 e. The minimum absolute atomic E-state index is 0.648. The van der Waals surface area contributed by atoms with Gasteiger partial charge in [0, 0.05) is 43.3 Å². The number of rotatable bonds is 5. The number of methoxy groups -OCH3 is 1. The number of nitrogens with zero attached hydrogens (tertiary/aromatic N) is 4. The molecule has 1 fully saturated rings. The maximum absolute atomic E-state index is 10.8. The fourth-order valence-corrected chi connectivity index (χ4v) is 2.87. The van der Waals surface area contributed by atoms with E-state index < -0.39 is 0 Å². The van der Waals surface area contributed by atoms with E-state index >= 15 is 0 Å². The molecule has 1 N–H and O–H groups in total. The second-order valence-corrected chi connectivity index (χ2v) is 6.22. The largest absolute Gasteiger partial charge is 0.495 e. The number of carbonyl (C=O) groups excluding carboxylic acids is 1. The van der Waals surface area contributed by atoms with Crippen molar-refractivity contribution in [2.45, 2.75) is 6.92 Å². The summed E-state index contributed by atoms with van der Waals surface area (Å²) in [5.41, 5.74) is 1.74. The number of piperazine rings is 1. The lowest BCUT2D eigenvalue weighted by atomic mass is 10.2. The Morgan fingerprint density at radius 1 is 1.20 bits per heavy atom. The van der Waals surface area contributed by atoms with E-state index in [-0.39, 0.29) is 0 Å². The third-order valence-electron chi connectivity index (χ3n) is 4.18. The molecule has 1 aliphatic rings. The molecule has 0 saturated carbocycles. The molecule has 0 aliphatic carbocycles. The molecule has 3 rings (SSSR count). The molecular weight excluding hydrogens is 342 g/mol. The van der Waals surface area contributed by atoms with Crippen LogP contribution in [0, 0.1) is 6.92 Å². The van der Waals surface area contributed by atoms with Crippen LogP contribution in [0.4, 0.5) is 17.3 Å². The van der Waals surface area contributed by atoms with Gasteiger partial charge in [-0.2, -0.15) is 0 Å². The predicted octanol–water partition coefficient (Wildman–Crippen LogP) is 2.47. The van der Waals surface area contributed by atoms with E-state index in [1.807, 2.05) is 19.1 Å². The summed E-state index contributed by atoms with van der Waals surface area (Å²) in [4.78, 5) is 23.4. The molecule has 1 amide bonds. The Hall–Kier alpha value is -2.54. The van der Waals surface area contributed by atoms with Gasteiger partial charge in [-0.3, -0.25) is 4.79 Å². The van der Waals surface area contributed by atoms with Crippen LogP contribution in [-0.2, 0) is 4.79 Å². The van der Waals surface area contributed by atoms with Crippen LogP contribution in [0.15, 0.2) is 24.5 Å². The van der Waals surface area contributed by atoms with Crippen LogP contribution in [0.3, 0.4) is 0 Å². The average Bonchev–Trinajstić information content (AvgIpc) is 2.65. The summed E-state index contributed by atoms with van der Waals surface area (Å²) >= 11 is 6.15. The Balaban J connectivity index is 1.79. The maximum atomic E-state index is 10.8. The second kappa shape index (κ2) is 7.57. The number of anilines is 3. The van der Waals surface area contributed by atoms with Crippen molar-refractivity contribution in [3.8, 4) is 5.75 Å². The molecule has 1 aromatic carbocycles. The van der Waals surface area contributed by atoms with Gasteiger partial charge < -0.3 is 19.9 Å². The number of aromatic nitrogens is 2. The van der Waals surface area contributed by atoms with Crippen molar-refractivity contribution in [1.82, 2.24) is 14.9 Å². The van der Waals surface area contributed by atoms with Crippen LogP contribution in [0.25, 0.3) is 0 Å². The lowest BCUT2D eigenvalue weighted by molar-refractivity contribution is -0.118. The Kier molecular flexibility index (Phi) is 5.23. The monoisotopic (exact) mass is 361 g/mol. The first-order chi connectivity index (χ1) is 12.1. The highest BCUT2D eigenvalue weighted by molar-refractivity contribution is 6.31. The van der Waals surface area contributed by atoms with E-state index in [1.165, 1.54) is 6.33 Å². The minimum atomic E-state index is 0.648. The van der Waals surface area contributed by atoms with Gasteiger partial charge in [0.2, 0.25) is 6.41 Å². The molecule has 1 aliphatic heterocycles. The van der Waals surface area contributed by atoms with E-state index in [4.69, 9.17) is 16.3 Å². The summed E-state index contributed by atoms with van der Waals surface area (Å²) < 4.78 is 5.38. The normalized spacial score (nSPS) is 14.4. The van der Waals surface area contributed by atoms with Crippen molar-refractivity contribution >= 4 is 35.3 Å². The van der Waals surface area contributed by atoms with Gasteiger partial charge in [-0.05, 0) is 18.6 Å². The molecule has 7 nitrogen and oxygen atoms in total. The van der Waals surface area contributed by atoms with Crippen molar-refractivity contribution in [3.63, 3.8) is 0 Å². The summed E-state index contributed by atoms with van der Waals surface area (Å²) in [7, 11) is 1.60. The smallest absolute Gasteiger partial charge is 0.209 e. The quantitative estimate of drug-likeness (QED) is 0.825. The number of amides is 1. The van der Waals surface area contributed by atoms with Crippen molar-refractivity contribution in [2.24, 2.45) is 0 Å². The van der Waals surface area contributed by atoms with Gasteiger partial charge in [-0.15, -0.1) is 0 Å². The van der Waals surface area contributed by atoms with Crippen LogP contribution in [0.5, 0.6) is 5.75 Å². The summed E-state index contributed by atoms with van der Waals surface area (Å²) in [5, 5.41) is 3.91. The number of hydrogen-bond acceptors (Lipinski definition) is 6. The van der Waals surface area contributed by atoms with Crippen molar-refractivity contribution in [1.29, 1.82) is 0 Å². The van der Waals surface area contributed by atoms with E-state index in [1.54, 1.807) is 18.1 Å². The Bertz CT molecular complexity index is 763. The fraction of sp³-hybridized carbons (Fsp3) is 0.353. The van der Waals surface area contributed by atoms with Crippen molar-refractivity contribution < 1.29 is 9.53 Å². The highest BCUT2D eigenvalue weighted by atomic mass is 35.5. The van der Waals surface area contributed by atoms with Crippen molar-refractivity contribution in [3.05, 3.63) is 35.1 Å². The van der Waals surface area contributed by atoms with E-state index in [9.17, 15) is 4.79 Å². The molecule has 0 atom stereocenters. The van der Waals surface area contributed by atoms with E-state index in [2.05, 4.69) is 20.2 Å². The average molecular weight is 362 g/mol. The third-order valence-corrected chi connectivity index (χ3v) is 4.59. The molecule has 2 heterocycles. The molecule has 0 spiro atoms. The number of aryl methyl sites for hydroxylation is 1. The van der Waals surface area contributed by atoms with Gasteiger partial charge in [0.1, 0.15) is 23.7 Å². The Labute approximate surface area is 151 Å². The Morgan fingerprint density at radius 2 is 1.96 bits per heavy atom. The van der Waals surface area contributed by atoms with Crippen molar-refractivity contribution in [2.75, 3.05) is 43.5 Å². The van der Waals surface area contributed by atoms with Gasteiger partial charge in [0.05, 0.1) is 12.8 Å². The number of carbonyl (C=O) groups is 1. The Morgan fingerprint density at radius 3 is 2.64 bits per heavy atom. The molecular formula is C17H20ClN5O2. The minimum Gasteiger partial charge on any atom is -0.495 e. The van der Waals surface area contributed by atoms with Gasteiger partial charge >= 0.3 is 0 Å². The highest BCUT2D eigenvalue weighted by Gasteiger charge is 2.17. The van der Waals surface area contributed by atoms with Crippen LogP contribution >= 0.6 is 11.6 Å². The standard InChI is InChI=1S/C17H20ClN5O2/c1-12-7-14(15(25-2)8-13(12)18)21-16-9-17(20-10-19-16)23-5-3-22(11-24)4-6-23/h7-11H,3-6H2,1-2H3,(H,19,20,21). The third kappa shape index (κ3) is 3.93. The number of benzene rings is 1. The van der Waals surface area contributed by atoms with Gasteiger partial charge in [-0.25, -0.2) is 9.97 Å². The predicted molar refractivity (Wildman–Crippen MR) is 97.9 cm³/mol. The van der Waals surface area contributed by atoms with Crippen LogP contribution in [0.2, 0.25) is 5.02 Å². The molecule has 0 radical (unpaired) electrons. The van der Waals surface area contributed by atoms with Gasteiger partial charge in [0.15, 0.2) is 0 Å². The first-order valence-electron chi connectivity index (χ1n) is 7.98. The lowest BCUT2D eigenvalue weighted by Gasteiger charge is -2.33. The lowest BCUT2D eigenvalue weighted by Crippen LogP contribution is -2.46. The number of halogens is 1.